The zero-order valence-electron chi connectivity index (χ0n) is 8.93. The first-order chi connectivity index (χ1) is 6.04. The quantitative estimate of drug-likeness (QED) is 0.560. The van der Waals surface area contributed by atoms with E-state index in [4.69, 9.17) is 5.26 Å². The van der Waals surface area contributed by atoms with Crippen molar-refractivity contribution in [1.82, 2.24) is 0 Å². The molecule has 0 amide bonds. The third kappa shape index (κ3) is 2.88. The van der Waals surface area contributed by atoms with E-state index in [0.29, 0.717) is 17.8 Å². The summed E-state index contributed by atoms with van der Waals surface area (Å²) in [5, 5.41) is 8.62. The van der Waals surface area contributed by atoms with Gasteiger partial charge in [-0.1, -0.05) is 32.4 Å². The molecule has 1 nitrogen and oxygen atoms in total. The predicted molar refractivity (Wildman–Crippen MR) is 55.1 cm³/mol. The number of hydrogen-bond acceptors (Lipinski definition) is 1. The van der Waals surface area contributed by atoms with Gasteiger partial charge in [0.1, 0.15) is 0 Å². The van der Waals surface area contributed by atoms with Gasteiger partial charge in [-0.3, -0.25) is 0 Å². The van der Waals surface area contributed by atoms with Crippen molar-refractivity contribution in [3.63, 3.8) is 0 Å². The Balaban J connectivity index is 2.69. The molecular weight excluding hydrogens is 158 g/mol. The molecule has 0 aliphatic heterocycles. The van der Waals surface area contributed by atoms with E-state index in [1.165, 1.54) is 18.4 Å². The Morgan fingerprint density at radius 3 is 2.77 bits per heavy atom. The molecule has 0 heterocycles. The zero-order valence-corrected chi connectivity index (χ0v) is 8.93. The second-order valence-corrected chi connectivity index (χ2v) is 5.02. The van der Waals surface area contributed by atoms with E-state index >= 15 is 0 Å². The van der Waals surface area contributed by atoms with Crippen molar-refractivity contribution in [2.75, 3.05) is 0 Å². The van der Waals surface area contributed by atoms with Gasteiger partial charge < -0.3 is 0 Å². The normalized spacial score (nSPS) is 23.5. The average molecular weight is 177 g/mol. The predicted octanol–water partition coefficient (Wildman–Crippen LogP) is 3.67. The van der Waals surface area contributed by atoms with Crippen LogP contribution in [0.5, 0.6) is 0 Å². The minimum Gasteiger partial charge on any atom is -0.198 e. The van der Waals surface area contributed by atoms with Crippen LogP contribution in [-0.2, 0) is 0 Å². The van der Waals surface area contributed by atoms with Crippen molar-refractivity contribution in [3.05, 3.63) is 11.6 Å². The molecule has 0 aromatic heterocycles. The summed E-state index contributed by atoms with van der Waals surface area (Å²) in [5.74, 6) is 0.671. The summed E-state index contributed by atoms with van der Waals surface area (Å²) in [4.78, 5) is 0. The summed E-state index contributed by atoms with van der Waals surface area (Å²) >= 11 is 0. The largest absolute Gasteiger partial charge is 0.198 e. The maximum absolute atomic E-state index is 8.62. The van der Waals surface area contributed by atoms with Crippen LogP contribution in [0, 0.1) is 22.7 Å². The van der Waals surface area contributed by atoms with Gasteiger partial charge in [0.2, 0.25) is 0 Å². The Morgan fingerprint density at radius 2 is 2.23 bits per heavy atom. The van der Waals surface area contributed by atoms with Crippen molar-refractivity contribution >= 4 is 0 Å². The molecule has 13 heavy (non-hydrogen) atoms. The monoisotopic (exact) mass is 177 g/mol. The molecule has 72 valence electrons. The van der Waals surface area contributed by atoms with E-state index in [1.807, 2.05) is 0 Å². The minimum absolute atomic E-state index is 0.362. The highest BCUT2D eigenvalue weighted by molar-refractivity contribution is 5.13. The van der Waals surface area contributed by atoms with Crippen LogP contribution in [-0.4, -0.2) is 0 Å². The minimum atomic E-state index is 0.362. The lowest BCUT2D eigenvalue weighted by Crippen LogP contribution is -2.21. The van der Waals surface area contributed by atoms with Crippen molar-refractivity contribution in [1.29, 1.82) is 5.26 Å². The average Bonchev–Trinajstić information content (AvgIpc) is 2.04. The molecule has 1 rings (SSSR count). The number of allylic oxidation sites excluding steroid dienone is 2. The summed E-state index contributed by atoms with van der Waals surface area (Å²) in [6.07, 6.45) is 6.66. The van der Waals surface area contributed by atoms with Gasteiger partial charge in [0.25, 0.3) is 0 Å². The summed E-state index contributed by atoms with van der Waals surface area (Å²) < 4.78 is 0. The van der Waals surface area contributed by atoms with Gasteiger partial charge in [-0.25, -0.2) is 0 Å². The Labute approximate surface area is 81.5 Å². The maximum Gasteiger partial charge on any atom is 0.0666 e. The van der Waals surface area contributed by atoms with Crippen LogP contribution in [0.1, 0.15) is 46.5 Å². The highest BCUT2D eigenvalue weighted by atomic mass is 14.3. The molecule has 0 aromatic rings. The van der Waals surface area contributed by atoms with Gasteiger partial charge in [-0.05, 0) is 30.6 Å². The first-order valence-corrected chi connectivity index (χ1v) is 5.10. The SMILES string of the molecule is CC(C)(C)C1C=C(CC#N)CCC1. The van der Waals surface area contributed by atoms with Crippen LogP contribution in [0.15, 0.2) is 11.6 Å². The second-order valence-electron chi connectivity index (χ2n) is 5.02. The van der Waals surface area contributed by atoms with E-state index in [0.717, 1.165) is 6.42 Å². The Hall–Kier alpha value is -0.770. The first-order valence-electron chi connectivity index (χ1n) is 5.10. The highest BCUT2D eigenvalue weighted by Crippen LogP contribution is 2.36. The number of hydrogen-bond donors (Lipinski definition) is 0. The molecule has 1 aliphatic carbocycles. The molecule has 0 fully saturated rings. The fourth-order valence-corrected chi connectivity index (χ4v) is 1.93. The van der Waals surface area contributed by atoms with Crippen LogP contribution >= 0.6 is 0 Å². The van der Waals surface area contributed by atoms with Gasteiger partial charge in [-0.2, -0.15) is 5.26 Å². The molecule has 0 bridgehead atoms. The lowest BCUT2D eigenvalue weighted by atomic mass is 9.74. The van der Waals surface area contributed by atoms with Gasteiger partial charge in [0.05, 0.1) is 12.5 Å². The highest BCUT2D eigenvalue weighted by Gasteiger charge is 2.24. The topological polar surface area (TPSA) is 23.8 Å². The van der Waals surface area contributed by atoms with E-state index < -0.39 is 0 Å². The molecule has 0 radical (unpaired) electrons. The molecular formula is C12H19N. The van der Waals surface area contributed by atoms with Gasteiger partial charge in [0, 0.05) is 0 Å². The Kier molecular flexibility index (Phi) is 3.14. The second kappa shape index (κ2) is 3.96. The number of rotatable bonds is 1. The molecule has 1 aliphatic rings. The zero-order chi connectivity index (χ0) is 9.90. The standard InChI is InChI=1S/C12H19N/c1-12(2,3)11-6-4-5-10(9-11)7-8-13/h9,11H,4-7H2,1-3H3. The van der Waals surface area contributed by atoms with Crippen LogP contribution in [0.2, 0.25) is 0 Å². The molecule has 0 spiro atoms. The number of nitrogens with zero attached hydrogens (tertiary/aromatic N) is 1. The van der Waals surface area contributed by atoms with Gasteiger partial charge >= 0.3 is 0 Å². The summed E-state index contributed by atoms with van der Waals surface area (Å²) in [7, 11) is 0. The van der Waals surface area contributed by atoms with Crippen LogP contribution in [0.3, 0.4) is 0 Å². The van der Waals surface area contributed by atoms with Crippen molar-refractivity contribution < 1.29 is 0 Å². The van der Waals surface area contributed by atoms with E-state index in [1.54, 1.807) is 0 Å². The molecule has 1 heteroatoms. The molecule has 0 N–H and O–H groups in total. The fraction of sp³-hybridized carbons (Fsp3) is 0.750. The van der Waals surface area contributed by atoms with Crippen LogP contribution < -0.4 is 0 Å². The third-order valence-corrected chi connectivity index (χ3v) is 2.87. The number of nitriles is 1. The Bertz CT molecular complexity index is 237. The molecule has 1 atom stereocenters. The lowest BCUT2D eigenvalue weighted by molar-refractivity contribution is 0.264. The first kappa shape index (κ1) is 10.3. The molecule has 1 unspecified atom stereocenters. The van der Waals surface area contributed by atoms with Crippen molar-refractivity contribution in [2.45, 2.75) is 46.5 Å². The third-order valence-electron chi connectivity index (χ3n) is 2.87. The lowest BCUT2D eigenvalue weighted by Gasteiger charge is -2.31. The van der Waals surface area contributed by atoms with E-state index in [9.17, 15) is 0 Å². The maximum atomic E-state index is 8.62. The molecule has 0 saturated heterocycles. The van der Waals surface area contributed by atoms with Crippen molar-refractivity contribution in [3.8, 4) is 6.07 Å². The van der Waals surface area contributed by atoms with Gasteiger partial charge in [-0.15, -0.1) is 0 Å². The summed E-state index contributed by atoms with van der Waals surface area (Å²) in [6.45, 7) is 6.84. The van der Waals surface area contributed by atoms with Crippen LogP contribution in [0.4, 0.5) is 0 Å². The van der Waals surface area contributed by atoms with Crippen LogP contribution in [0.25, 0.3) is 0 Å². The fourth-order valence-electron chi connectivity index (χ4n) is 1.93. The summed E-state index contributed by atoms with van der Waals surface area (Å²) in [6, 6.07) is 2.24. The van der Waals surface area contributed by atoms with Crippen molar-refractivity contribution in [2.24, 2.45) is 11.3 Å². The molecule has 0 saturated carbocycles. The van der Waals surface area contributed by atoms with E-state index in [2.05, 4.69) is 32.9 Å². The summed E-state index contributed by atoms with van der Waals surface area (Å²) in [5.41, 5.74) is 1.72. The van der Waals surface area contributed by atoms with Gasteiger partial charge in [0.15, 0.2) is 0 Å². The van der Waals surface area contributed by atoms with E-state index in [-0.39, 0.29) is 0 Å². The molecule has 0 aromatic carbocycles. The Morgan fingerprint density at radius 1 is 1.54 bits per heavy atom. The smallest absolute Gasteiger partial charge is 0.0666 e.